The van der Waals surface area contributed by atoms with Gasteiger partial charge in [0.25, 0.3) is 11.5 Å². The Morgan fingerprint density at radius 2 is 1.82 bits per heavy atom. The molecule has 0 unspecified atom stereocenters. The van der Waals surface area contributed by atoms with E-state index in [1.54, 1.807) is 43.3 Å². The normalized spacial score (nSPS) is 12.2. The van der Waals surface area contributed by atoms with Crippen LogP contribution in [-0.2, 0) is 6.54 Å². The molecule has 8 heteroatoms. The third kappa shape index (κ3) is 2.88. The van der Waals surface area contributed by atoms with Crippen LogP contribution in [0.3, 0.4) is 0 Å². The summed E-state index contributed by atoms with van der Waals surface area (Å²) >= 11 is 0. The maximum Gasteiger partial charge on any atom is 0.276 e. The molecule has 1 aromatic heterocycles. The zero-order valence-electron chi connectivity index (χ0n) is 15.3. The Morgan fingerprint density at radius 1 is 1.14 bits per heavy atom. The fourth-order valence-corrected chi connectivity index (χ4v) is 3.14. The van der Waals surface area contributed by atoms with E-state index in [0.717, 1.165) is 0 Å². The van der Waals surface area contributed by atoms with E-state index in [4.69, 9.17) is 9.47 Å². The number of aromatic nitrogens is 2. The number of carbonyl (C=O) groups is 2. The minimum Gasteiger partial charge on any atom is -0.454 e. The number of Topliss-reactive ketones (excluding diaryl/α,β-unsaturated/α-hetero) is 1. The molecule has 4 rings (SSSR count). The standard InChI is InChI=1S/C20H17N3O5/c1-3-23-20(26)13-7-5-4-6-12(13)18(22-23)19(25)21-15-9-17-16(27-10-28-17)8-14(15)11(2)24/h4-9H,3,10H2,1-2H3,(H,21,25). The van der Waals surface area contributed by atoms with Gasteiger partial charge in [-0.15, -0.1) is 0 Å². The van der Waals surface area contributed by atoms with E-state index < -0.39 is 5.91 Å². The van der Waals surface area contributed by atoms with Gasteiger partial charge in [0.2, 0.25) is 6.79 Å². The second kappa shape index (κ2) is 6.80. The highest BCUT2D eigenvalue weighted by atomic mass is 16.7. The van der Waals surface area contributed by atoms with Crippen LogP contribution >= 0.6 is 0 Å². The molecule has 0 fully saturated rings. The molecule has 1 N–H and O–H groups in total. The van der Waals surface area contributed by atoms with Crippen LogP contribution in [0.25, 0.3) is 10.8 Å². The molecule has 3 aromatic rings. The molecule has 0 saturated carbocycles. The molecule has 0 atom stereocenters. The molecule has 0 aliphatic carbocycles. The lowest BCUT2D eigenvalue weighted by atomic mass is 10.1. The van der Waals surface area contributed by atoms with Gasteiger partial charge in [0.05, 0.1) is 11.1 Å². The number of anilines is 1. The van der Waals surface area contributed by atoms with Gasteiger partial charge in [-0.1, -0.05) is 18.2 Å². The molecule has 2 heterocycles. The van der Waals surface area contributed by atoms with Crippen LogP contribution < -0.4 is 20.3 Å². The average molecular weight is 379 g/mol. The summed E-state index contributed by atoms with van der Waals surface area (Å²) in [5.41, 5.74) is 0.430. The first-order valence-corrected chi connectivity index (χ1v) is 8.75. The number of rotatable bonds is 4. The zero-order valence-corrected chi connectivity index (χ0v) is 15.3. The average Bonchev–Trinajstić information content (AvgIpc) is 3.15. The van der Waals surface area contributed by atoms with E-state index in [1.165, 1.54) is 11.6 Å². The smallest absolute Gasteiger partial charge is 0.276 e. The molecule has 0 spiro atoms. The van der Waals surface area contributed by atoms with Gasteiger partial charge in [0.15, 0.2) is 23.0 Å². The summed E-state index contributed by atoms with van der Waals surface area (Å²) in [6.07, 6.45) is 0. The van der Waals surface area contributed by atoms with E-state index >= 15 is 0 Å². The van der Waals surface area contributed by atoms with Crippen molar-refractivity contribution in [2.45, 2.75) is 20.4 Å². The third-order valence-corrected chi connectivity index (χ3v) is 4.52. The number of ketones is 1. The first-order chi connectivity index (χ1) is 13.5. The molecule has 1 aliphatic rings. The molecule has 28 heavy (non-hydrogen) atoms. The highest BCUT2D eigenvalue weighted by Gasteiger charge is 2.22. The van der Waals surface area contributed by atoms with Gasteiger partial charge in [0.1, 0.15) is 0 Å². The summed E-state index contributed by atoms with van der Waals surface area (Å²) in [5.74, 6) is 0.132. The third-order valence-electron chi connectivity index (χ3n) is 4.52. The van der Waals surface area contributed by atoms with Crippen molar-refractivity contribution < 1.29 is 19.1 Å². The predicted octanol–water partition coefficient (Wildman–Crippen LogP) is 2.60. The molecular formula is C20H17N3O5. The number of nitrogens with one attached hydrogen (secondary N) is 1. The van der Waals surface area contributed by atoms with Gasteiger partial charge in [-0.3, -0.25) is 14.4 Å². The van der Waals surface area contributed by atoms with Crippen LogP contribution in [0.1, 0.15) is 34.7 Å². The number of hydrogen-bond donors (Lipinski definition) is 1. The Kier molecular flexibility index (Phi) is 4.31. The molecule has 0 saturated heterocycles. The molecule has 0 radical (unpaired) electrons. The number of amides is 1. The van der Waals surface area contributed by atoms with Crippen LogP contribution in [-0.4, -0.2) is 28.3 Å². The topological polar surface area (TPSA) is 99.5 Å². The maximum atomic E-state index is 13.0. The molecule has 2 aromatic carbocycles. The van der Waals surface area contributed by atoms with E-state index in [0.29, 0.717) is 40.1 Å². The highest BCUT2D eigenvalue weighted by molar-refractivity contribution is 6.13. The van der Waals surface area contributed by atoms with Crippen molar-refractivity contribution in [3.05, 3.63) is 58.0 Å². The van der Waals surface area contributed by atoms with Crippen LogP contribution in [0, 0.1) is 0 Å². The fraction of sp³-hybridized carbons (Fsp3) is 0.200. The summed E-state index contributed by atoms with van der Waals surface area (Å²) in [4.78, 5) is 37.5. The minimum absolute atomic E-state index is 0.0533. The number of ether oxygens (including phenoxy) is 2. The van der Waals surface area contributed by atoms with Crippen molar-refractivity contribution in [2.75, 3.05) is 12.1 Å². The molecule has 1 aliphatic heterocycles. The van der Waals surface area contributed by atoms with Gasteiger partial charge in [-0.2, -0.15) is 5.10 Å². The first-order valence-electron chi connectivity index (χ1n) is 8.75. The first kappa shape index (κ1) is 17.7. The molecule has 0 bridgehead atoms. The van der Waals surface area contributed by atoms with Gasteiger partial charge >= 0.3 is 0 Å². The lowest BCUT2D eigenvalue weighted by Gasteiger charge is -2.12. The zero-order chi connectivity index (χ0) is 19.8. The largest absolute Gasteiger partial charge is 0.454 e. The Morgan fingerprint density at radius 3 is 2.50 bits per heavy atom. The van der Waals surface area contributed by atoms with E-state index in [-0.39, 0.29) is 23.8 Å². The number of benzene rings is 2. The molecular weight excluding hydrogens is 362 g/mol. The summed E-state index contributed by atoms with van der Waals surface area (Å²) in [7, 11) is 0. The summed E-state index contributed by atoms with van der Waals surface area (Å²) < 4.78 is 11.9. The van der Waals surface area contributed by atoms with Crippen molar-refractivity contribution in [1.29, 1.82) is 0 Å². The number of hydrogen-bond acceptors (Lipinski definition) is 6. The number of nitrogens with zero attached hydrogens (tertiary/aromatic N) is 2. The quantitative estimate of drug-likeness (QED) is 0.700. The van der Waals surface area contributed by atoms with Gasteiger partial charge in [-0.05, 0) is 26.0 Å². The summed E-state index contributed by atoms with van der Waals surface area (Å²) in [6, 6.07) is 9.89. The van der Waals surface area contributed by atoms with Crippen molar-refractivity contribution in [3.8, 4) is 11.5 Å². The van der Waals surface area contributed by atoms with Crippen LogP contribution in [0.15, 0.2) is 41.2 Å². The number of carbonyl (C=O) groups excluding carboxylic acids is 2. The lowest BCUT2D eigenvalue weighted by molar-refractivity contribution is 0.101. The SMILES string of the molecule is CCn1nc(C(=O)Nc2cc3c(cc2C(C)=O)OCO3)c2ccccc2c1=O. The molecule has 142 valence electrons. The lowest BCUT2D eigenvalue weighted by Crippen LogP contribution is -2.27. The summed E-state index contributed by atoms with van der Waals surface area (Å²) in [5, 5.41) is 7.79. The van der Waals surface area contributed by atoms with Gasteiger partial charge in [0, 0.05) is 23.6 Å². The molecule has 1 amide bonds. The number of fused-ring (bicyclic) bond motifs is 2. The van der Waals surface area contributed by atoms with Crippen LogP contribution in [0.4, 0.5) is 5.69 Å². The maximum absolute atomic E-state index is 13.0. The highest BCUT2D eigenvalue weighted by Crippen LogP contribution is 2.37. The van der Waals surface area contributed by atoms with E-state index in [2.05, 4.69) is 10.4 Å². The van der Waals surface area contributed by atoms with Crippen molar-refractivity contribution >= 4 is 28.2 Å². The predicted molar refractivity (Wildman–Crippen MR) is 102 cm³/mol. The van der Waals surface area contributed by atoms with Crippen molar-refractivity contribution in [1.82, 2.24) is 9.78 Å². The number of aryl methyl sites for hydroxylation is 1. The van der Waals surface area contributed by atoms with Gasteiger partial charge < -0.3 is 14.8 Å². The monoisotopic (exact) mass is 379 g/mol. The second-order valence-corrected chi connectivity index (χ2v) is 6.28. The Bertz CT molecular complexity index is 1180. The molecule has 8 nitrogen and oxygen atoms in total. The Hall–Kier alpha value is -3.68. The van der Waals surface area contributed by atoms with E-state index in [1.807, 2.05) is 0 Å². The Labute approximate surface area is 159 Å². The Balaban J connectivity index is 1.81. The van der Waals surface area contributed by atoms with Crippen molar-refractivity contribution in [3.63, 3.8) is 0 Å². The van der Waals surface area contributed by atoms with Crippen LogP contribution in [0.5, 0.6) is 11.5 Å². The minimum atomic E-state index is -0.528. The second-order valence-electron chi connectivity index (χ2n) is 6.28. The van der Waals surface area contributed by atoms with Crippen LogP contribution in [0.2, 0.25) is 0 Å². The summed E-state index contributed by atoms with van der Waals surface area (Å²) in [6.45, 7) is 3.55. The van der Waals surface area contributed by atoms with E-state index in [9.17, 15) is 14.4 Å². The van der Waals surface area contributed by atoms with Crippen molar-refractivity contribution in [2.24, 2.45) is 0 Å². The fourth-order valence-electron chi connectivity index (χ4n) is 3.14. The van der Waals surface area contributed by atoms with Gasteiger partial charge in [-0.25, -0.2) is 4.68 Å².